The molecule has 1 aliphatic heterocycles. The van der Waals surface area contributed by atoms with Crippen molar-refractivity contribution >= 4 is 5.69 Å². The van der Waals surface area contributed by atoms with Crippen molar-refractivity contribution < 1.29 is 0 Å². The van der Waals surface area contributed by atoms with E-state index in [4.69, 9.17) is 5.73 Å². The standard InChI is InChI=1S/C16H27N3/c1-13(2)18-7-9-19(10-8-18)16-6-4-5-15(12-16)11-14(3)17/h4-6,12-14H,7-11,17H2,1-3H3. The molecule has 19 heavy (non-hydrogen) atoms. The molecule has 1 aromatic rings. The maximum Gasteiger partial charge on any atom is 0.0369 e. The van der Waals surface area contributed by atoms with Gasteiger partial charge in [-0.05, 0) is 44.9 Å². The first-order valence-electron chi connectivity index (χ1n) is 7.40. The van der Waals surface area contributed by atoms with Crippen LogP contribution in [0.25, 0.3) is 0 Å². The zero-order valence-electron chi connectivity index (χ0n) is 12.5. The molecule has 3 nitrogen and oxygen atoms in total. The van der Waals surface area contributed by atoms with Gasteiger partial charge in [-0.25, -0.2) is 0 Å². The number of piperazine rings is 1. The minimum absolute atomic E-state index is 0.230. The quantitative estimate of drug-likeness (QED) is 0.901. The second kappa shape index (κ2) is 6.40. The molecule has 1 fully saturated rings. The lowest BCUT2D eigenvalue weighted by atomic mass is 10.1. The van der Waals surface area contributed by atoms with Gasteiger partial charge in [0, 0.05) is 44.0 Å². The van der Waals surface area contributed by atoms with Crippen molar-refractivity contribution in [3.05, 3.63) is 29.8 Å². The summed E-state index contributed by atoms with van der Waals surface area (Å²) in [6, 6.07) is 9.74. The van der Waals surface area contributed by atoms with E-state index in [1.165, 1.54) is 11.3 Å². The molecule has 106 valence electrons. The Bertz CT molecular complexity index is 393. The number of hydrogen-bond acceptors (Lipinski definition) is 3. The molecule has 1 aromatic carbocycles. The van der Waals surface area contributed by atoms with Crippen LogP contribution in [0, 0.1) is 0 Å². The number of benzene rings is 1. The van der Waals surface area contributed by atoms with Crippen molar-refractivity contribution in [2.45, 2.75) is 39.3 Å². The van der Waals surface area contributed by atoms with Crippen molar-refractivity contribution in [3.63, 3.8) is 0 Å². The van der Waals surface area contributed by atoms with Gasteiger partial charge in [0.05, 0.1) is 0 Å². The first-order chi connectivity index (χ1) is 9.06. The fourth-order valence-electron chi connectivity index (χ4n) is 2.75. The summed E-state index contributed by atoms with van der Waals surface area (Å²) in [7, 11) is 0. The van der Waals surface area contributed by atoms with Crippen molar-refractivity contribution in [1.29, 1.82) is 0 Å². The Morgan fingerprint density at radius 1 is 1.11 bits per heavy atom. The first kappa shape index (κ1) is 14.4. The molecule has 0 spiro atoms. The minimum Gasteiger partial charge on any atom is -0.369 e. The Balaban J connectivity index is 1.99. The second-order valence-corrected chi connectivity index (χ2v) is 5.97. The molecule has 0 saturated carbocycles. The van der Waals surface area contributed by atoms with Crippen LogP contribution in [0.3, 0.4) is 0 Å². The van der Waals surface area contributed by atoms with Crippen molar-refractivity contribution in [1.82, 2.24) is 4.90 Å². The van der Waals surface area contributed by atoms with Crippen LogP contribution in [0.2, 0.25) is 0 Å². The fourth-order valence-corrected chi connectivity index (χ4v) is 2.75. The van der Waals surface area contributed by atoms with Crippen LogP contribution < -0.4 is 10.6 Å². The molecule has 1 unspecified atom stereocenters. The molecule has 0 aliphatic carbocycles. The van der Waals surface area contributed by atoms with E-state index in [-0.39, 0.29) is 6.04 Å². The average molecular weight is 261 g/mol. The monoisotopic (exact) mass is 261 g/mol. The topological polar surface area (TPSA) is 32.5 Å². The lowest BCUT2D eigenvalue weighted by Crippen LogP contribution is -2.48. The molecule has 1 atom stereocenters. The predicted molar refractivity (Wildman–Crippen MR) is 82.7 cm³/mol. The van der Waals surface area contributed by atoms with Crippen molar-refractivity contribution in [2.24, 2.45) is 5.73 Å². The van der Waals surface area contributed by atoms with E-state index in [9.17, 15) is 0 Å². The Hall–Kier alpha value is -1.06. The third-order valence-electron chi connectivity index (χ3n) is 3.88. The molecular formula is C16H27N3. The van der Waals surface area contributed by atoms with Gasteiger partial charge < -0.3 is 10.6 Å². The number of nitrogens with zero attached hydrogens (tertiary/aromatic N) is 2. The van der Waals surface area contributed by atoms with Crippen molar-refractivity contribution in [3.8, 4) is 0 Å². The van der Waals surface area contributed by atoms with E-state index in [1.54, 1.807) is 0 Å². The lowest BCUT2D eigenvalue weighted by molar-refractivity contribution is 0.209. The number of anilines is 1. The highest BCUT2D eigenvalue weighted by Gasteiger charge is 2.18. The minimum atomic E-state index is 0.230. The largest absolute Gasteiger partial charge is 0.369 e. The normalized spacial score (nSPS) is 18.9. The lowest BCUT2D eigenvalue weighted by Gasteiger charge is -2.38. The van der Waals surface area contributed by atoms with E-state index < -0.39 is 0 Å². The maximum absolute atomic E-state index is 5.88. The SMILES string of the molecule is CC(N)Cc1cccc(N2CCN(C(C)C)CC2)c1. The van der Waals surface area contributed by atoms with Crippen LogP contribution >= 0.6 is 0 Å². The van der Waals surface area contributed by atoms with E-state index in [0.717, 1.165) is 32.6 Å². The van der Waals surface area contributed by atoms with Crippen LogP contribution in [-0.4, -0.2) is 43.2 Å². The van der Waals surface area contributed by atoms with Crippen LogP contribution in [0.15, 0.2) is 24.3 Å². The summed E-state index contributed by atoms with van der Waals surface area (Å²) >= 11 is 0. The van der Waals surface area contributed by atoms with Crippen LogP contribution in [0.1, 0.15) is 26.3 Å². The summed E-state index contributed by atoms with van der Waals surface area (Å²) < 4.78 is 0. The summed E-state index contributed by atoms with van der Waals surface area (Å²) in [6.45, 7) is 11.2. The first-order valence-corrected chi connectivity index (χ1v) is 7.40. The summed E-state index contributed by atoms with van der Waals surface area (Å²) in [5.41, 5.74) is 8.58. The smallest absolute Gasteiger partial charge is 0.0369 e. The van der Waals surface area contributed by atoms with Crippen LogP contribution in [0.5, 0.6) is 0 Å². The van der Waals surface area contributed by atoms with Crippen LogP contribution in [-0.2, 0) is 6.42 Å². The van der Waals surface area contributed by atoms with E-state index >= 15 is 0 Å². The molecule has 0 bridgehead atoms. The summed E-state index contributed by atoms with van der Waals surface area (Å²) in [6.07, 6.45) is 0.958. The predicted octanol–water partition coefficient (Wildman–Crippen LogP) is 2.11. The molecule has 2 N–H and O–H groups in total. The zero-order valence-corrected chi connectivity index (χ0v) is 12.5. The van der Waals surface area contributed by atoms with Gasteiger partial charge in [0.2, 0.25) is 0 Å². The van der Waals surface area contributed by atoms with Gasteiger partial charge in [0.15, 0.2) is 0 Å². The summed E-state index contributed by atoms with van der Waals surface area (Å²) in [5, 5.41) is 0. The van der Waals surface area contributed by atoms with E-state index in [0.29, 0.717) is 6.04 Å². The molecule has 1 heterocycles. The molecule has 1 saturated heterocycles. The van der Waals surface area contributed by atoms with Gasteiger partial charge in [-0.2, -0.15) is 0 Å². The maximum atomic E-state index is 5.88. The van der Waals surface area contributed by atoms with E-state index in [2.05, 4.69) is 54.8 Å². The highest BCUT2D eigenvalue weighted by molar-refractivity contribution is 5.49. The number of hydrogen-bond donors (Lipinski definition) is 1. The zero-order chi connectivity index (χ0) is 13.8. The Labute approximate surface area is 117 Å². The van der Waals surface area contributed by atoms with Gasteiger partial charge in [-0.3, -0.25) is 4.90 Å². The molecule has 0 amide bonds. The van der Waals surface area contributed by atoms with E-state index in [1.807, 2.05) is 0 Å². The number of rotatable bonds is 4. The summed E-state index contributed by atoms with van der Waals surface area (Å²) in [5.74, 6) is 0. The molecule has 2 rings (SSSR count). The van der Waals surface area contributed by atoms with Gasteiger partial charge >= 0.3 is 0 Å². The van der Waals surface area contributed by atoms with Crippen LogP contribution in [0.4, 0.5) is 5.69 Å². The molecule has 3 heteroatoms. The molecule has 0 aromatic heterocycles. The van der Waals surface area contributed by atoms with Gasteiger partial charge in [0.1, 0.15) is 0 Å². The molecular weight excluding hydrogens is 234 g/mol. The average Bonchev–Trinajstić information content (AvgIpc) is 2.38. The highest BCUT2D eigenvalue weighted by Crippen LogP contribution is 2.19. The fraction of sp³-hybridized carbons (Fsp3) is 0.625. The van der Waals surface area contributed by atoms with Gasteiger partial charge in [-0.1, -0.05) is 12.1 Å². The molecule has 0 radical (unpaired) electrons. The highest BCUT2D eigenvalue weighted by atomic mass is 15.3. The second-order valence-electron chi connectivity index (χ2n) is 5.97. The third kappa shape index (κ3) is 3.95. The Morgan fingerprint density at radius 3 is 2.37 bits per heavy atom. The summed E-state index contributed by atoms with van der Waals surface area (Å²) in [4.78, 5) is 5.03. The number of nitrogens with two attached hydrogens (primary N) is 1. The van der Waals surface area contributed by atoms with Crippen molar-refractivity contribution in [2.75, 3.05) is 31.1 Å². The molecule has 1 aliphatic rings. The Kier molecular flexibility index (Phi) is 4.83. The van der Waals surface area contributed by atoms with Gasteiger partial charge in [-0.15, -0.1) is 0 Å². The third-order valence-corrected chi connectivity index (χ3v) is 3.88. The van der Waals surface area contributed by atoms with Gasteiger partial charge in [0.25, 0.3) is 0 Å². The Morgan fingerprint density at radius 2 is 1.79 bits per heavy atom.